The van der Waals surface area contributed by atoms with Crippen molar-refractivity contribution in [2.45, 2.75) is 26.7 Å². The molecule has 0 spiro atoms. The minimum Gasteiger partial charge on any atom is -0.481 e. The van der Waals surface area contributed by atoms with E-state index in [0.29, 0.717) is 21.3 Å². The van der Waals surface area contributed by atoms with Gasteiger partial charge in [0, 0.05) is 22.1 Å². The number of aryl methyl sites for hydroxylation is 1. The highest BCUT2D eigenvalue weighted by Gasteiger charge is 2.14. The van der Waals surface area contributed by atoms with Crippen LogP contribution in [0.5, 0.6) is 0 Å². The average molecular weight is 546 g/mol. The topological polar surface area (TPSA) is 78.4 Å². The Balaban J connectivity index is 1.83. The average Bonchev–Trinajstić information content (AvgIpc) is 2.76. The van der Waals surface area contributed by atoms with Gasteiger partial charge >= 0.3 is 5.97 Å². The Bertz CT molecular complexity index is 1250. The van der Waals surface area contributed by atoms with Gasteiger partial charge in [0.25, 0.3) is 0 Å². The van der Waals surface area contributed by atoms with E-state index in [1.807, 2.05) is 50.2 Å². The molecule has 0 fully saturated rings. The van der Waals surface area contributed by atoms with Gasteiger partial charge in [-0.2, -0.15) is 0 Å². The lowest BCUT2D eigenvalue weighted by Crippen LogP contribution is -2.14. The van der Waals surface area contributed by atoms with Crippen LogP contribution >= 0.6 is 39.7 Å². The van der Waals surface area contributed by atoms with Crippen molar-refractivity contribution in [3.63, 3.8) is 0 Å². The summed E-state index contributed by atoms with van der Waals surface area (Å²) in [6.45, 7) is 4.09. The molecule has 1 amide bonds. The Labute approximate surface area is 211 Å². The van der Waals surface area contributed by atoms with Crippen molar-refractivity contribution < 1.29 is 14.7 Å². The van der Waals surface area contributed by atoms with Crippen molar-refractivity contribution in [2.75, 3.05) is 10.6 Å². The first-order valence-corrected chi connectivity index (χ1v) is 11.7. The van der Waals surface area contributed by atoms with E-state index in [1.165, 1.54) is 0 Å². The number of halogens is 2. The summed E-state index contributed by atoms with van der Waals surface area (Å²) in [6.07, 6.45) is -0.350. The SMILES string of the molecule is Cc1cccc(C(=S)c2ccc(Nc3ccc(Br)cc3NC(=O)CCC(=O)O)cc2Cl)c1C. The minimum atomic E-state index is -1.02. The van der Waals surface area contributed by atoms with E-state index < -0.39 is 5.97 Å². The molecule has 3 aromatic rings. The molecule has 33 heavy (non-hydrogen) atoms. The van der Waals surface area contributed by atoms with Crippen molar-refractivity contribution in [2.24, 2.45) is 0 Å². The van der Waals surface area contributed by atoms with Gasteiger partial charge in [-0.15, -0.1) is 0 Å². The molecular formula is C25H22BrClN2O3S. The summed E-state index contributed by atoms with van der Waals surface area (Å²) >= 11 is 15.7. The van der Waals surface area contributed by atoms with Crippen LogP contribution in [0.1, 0.15) is 35.1 Å². The van der Waals surface area contributed by atoms with Crippen LogP contribution in [0, 0.1) is 13.8 Å². The maximum Gasteiger partial charge on any atom is 0.303 e. The lowest BCUT2D eigenvalue weighted by molar-refractivity contribution is -0.138. The molecule has 0 aromatic heterocycles. The monoisotopic (exact) mass is 544 g/mol. The summed E-state index contributed by atoms with van der Waals surface area (Å²) in [5.41, 5.74) is 5.91. The number of anilines is 3. The fourth-order valence-electron chi connectivity index (χ4n) is 3.24. The number of carboxylic acid groups (broad SMARTS) is 1. The third-order valence-corrected chi connectivity index (χ3v) is 6.41. The smallest absolute Gasteiger partial charge is 0.303 e. The second kappa shape index (κ2) is 10.9. The van der Waals surface area contributed by atoms with Crippen LogP contribution in [-0.2, 0) is 9.59 Å². The molecule has 8 heteroatoms. The number of rotatable bonds is 8. The van der Waals surface area contributed by atoms with Gasteiger partial charge in [-0.3, -0.25) is 9.59 Å². The van der Waals surface area contributed by atoms with Crippen LogP contribution in [0.3, 0.4) is 0 Å². The number of aliphatic carboxylic acids is 1. The van der Waals surface area contributed by atoms with Crippen LogP contribution in [-0.4, -0.2) is 21.8 Å². The van der Waals surface area contributed by atoms with Crippen LogP contribution < -0.4 is 10.6 Å². The van der Waals surface area contributed by atoms with Crippen molar-refractivity contribution in [3.8, 4) is 0 Å². The third kappa shape index (κ3) is 6.41. The number of carboxylic acids is 1. The molecule has 0 unspecified atom stereocenters. The standard InChI is InChI=1S/C25H22BrClN2O3S/c1-14-4-3-5-18(15(14)2)25(33)19-8-7-17(13-20(19)27)28-21-9-6-16(26)12-22(21)29-23(30)10-11-24(31)32/h3-9,12-13,28H,10-11H2,1-2H3,(H,29,30)(H,31,32). The van der Waals surface area contributed by atoms with Gasteiger partial charge in [0.1, 0.15) is 0 Å². The van der Waals surface area contributed by atoms with Crippen LogP contribution in [0.4, 0.5) is 17.1 Å². The quantitative estimate of drug-likeness (QED) is 0.209. The molecule has 3 rings (SSSR count). The van der Waals surface area contributed by atoms with Crippen molar-refractivity contribution in [3.05, 3.63) is 86.3 Å². The third-order valence-electron chi connectivity index (χ3n) is 5.16. The van der Waals surface area contributed by atoms with E-state index in [2.05, 4.69) is 26.6 Å². The van der Waals surface area contributed by atoms with Crippen molar-refractivity contribution in [1.29, 1.82) is 0 Å². The minimum absolute atomic E-state index is 0.113. The molecule has 170 valence electrons. The van der Waals surface area contributed by atoms with Gasteiger partial charge in [-0.25, -0.2) is 0 Å². The lowest BCUT2D eigenvalue weighted by Gasteiger charge is -2.16. The van der Waals surface area contributed by atoms with Crippen LogP contribution in [0.2, 0.25) is 5.02 Å². The first-order valence-electron chi connectivity index (χ1n) is 10.1. The van der Waals surface area contributed by atoms with E-state index in [1.54, 1.807) is 18.2 Å². The number of nitrogens with one attached hydrogen (secondary N) is 2. The molecule has 0 saturated heterocycles. The highest BCUT2D eigenvalue weighted by atomic mass is 79.9. The Morgan fingerprint density at radius 2 is 1.76 bits per heavy atom. The first-order chi connectivity index (χ1) is 15.7. The molecule has 0 aliphatic carbocycles. The molecule has 0 aliphatic heterocycles. The molecule has 0 saturated carbocycles. The summed E-state index contributed by atoms with van der Waals surface area (Å²) in [5, 5.41) is 15.3. The molecule has 5 nitrogen and oxygen atoms in total. The summed E-state index contributed by atoms with van der Waals surface area (Å²) in [4.78, 5) is 23.6. The normalized spacial score (nSPS) is 10.5. The summed E-state index contributed by atoms with van der Waals surface area (Å²) in [5.74, 6) is -1.41. The zero-order chi connectivity index (χ0) is 24.1. The van der Waals surface area contributed by atoms with Gasteiger partial charge in [-0.05, 0) is 66.9 Å². The van der Waals surface area contributed by atoms with Crippen LogP contribution in [0.25, 0.3) is 0 Å². The highest BCUT2D eigenvalue weighted by molar-refractivity contribution is 9.10. The second-order valence-electron chi connectivity index (χ2n) is 7.53. The molecule has 3 N–H and O–H groups in total. The number of carbonyl (C=O) groups excluding carboxylic acids is 1. The molecule has 0 aliphatic rings. The Kier molecular flexibility index (Phi) is 8.24. The van der Waals surface area contributed by atoms with E-state index in [-0.39, 0.29) is 18.7 Å². The second-order valence-corrected chi connectivity index (χ2v) is 9.26. The van der Waals surface area contributed by atoms with E-state index in [4.69, 9.17) is 28.9 Å². The van der Waals surface area contributed by atoms with Crippen molar-refractivity contribution in [1.82, 2.24) is 0 Å². The molecule has 3 aromatic carbocycles. The fraction of sp³-hybridized carbons (Fsp3) is 0.160. The van der Waals surface area contributed by atoms with Gasteiger partial charge in [-0.1, -0.05) is 57.9 Å². The number of carbonyl (C=O) groups is 2. The molecule has 0 radical (unpaired) electrons. The summed E-state index contributed by atoms with van der Waals surface area (Å²) in [6, 6.07) is 16.9. The summed E-state index contributed by atoms with van der Waals surface area (Å²) < 4.78 is 0.772. The Hall–Kier alpha value is -2.74. The van der Waals surface area contributed by atoms with E-state index >= 15 is 0 Å². The number of hydrogen-bond donors (Lipinski definition) is 3. The summed E-state index contributed by atoms with van der Waals surface area (Å²) in [7, 11) is 0. The van der Waals surface area contributed by atoms with Crippen molar-refractivity contribution >= 4 is 73.6 Å². The first kappa shape index (κ1) is 24.9. The van der Waals surface area contributed by atoms with Gasteiger partial charge in [0.15, 0.2) is 0 Å². The van der Waals surface area contributed by atoms with Gasteiger partial charge in [0.05, 0.1) is 27.7 Å². The number of hydrogen-bond acceptors (Lipinski definition) is 4. The zero-order valence-corrected chi connectivity index (χ0v) is 21.2. The highest BCUT2D eigenvalue weighted by Crippen LogP contribution is 2.32. The fourth-order valence-corrected chi connectivity index (χ4v) is 4.33. The Morgan fingerprint density at radius 1 is 1.00 bits per heavy atom. The largest absolute Gasteiger partial charge is 0.481 e. The zero-order valence-electron chi connectivity index (χ0n) is 18.0. The number of thiocarbonyl (C=S) groups is 1. The predicted octanol–water partition coefficient (Wildman–Crippen LogP) is 7.03. The molecule has 0 heterocycles. The maximum absolute atomic E-state index is 12.1. The molecule has 0 atom stereocenters. The lowest BCUT2D eigenvalue weighted by atomic mass is 9.97. The Morgan fingerprint density at radius 3 is 2.45 bits per heavy atom. The number of benzene rings is 3. The molecule has 0 bridgehead atoms. The van der Waals surface area contributed by atoms with Crippen LogP contribution in [0.15, 0.2) is 59.1 Å². The van der Waals surface area contributed by atoms with Gasteiger partial charge < -0.3 is 15.7 Å². The number of amides is 1. The van der Waals surface area contributed by atoms with E-state index in [9.17, 15) is 9.59 Å². The van der Waals surface area contributed by atoms with Gasteiger partial charge in [0.2, 0.25) is 5.91 Å². The molecular weight excluding hydrogens is 524 g/mol. The van der Waals surface area contributed by atoms with E-state index in [0.717, 1.165) is 32.4 Å². The predicted molar refractivity (Wildman–Crippen MR) is 141 cm³/mol. The maximum atomic E-state index is 12.1.